The Kier molecular flexibility index (Phi) is 7.74. The number of rotatable bonds is 7. The SMILES string of the molecule is COc1ccc(CCN=C(N)N(C)C2CC2)c(OC)c1OC.I. The Balaban J connectivity index is 0.00000264. The van der Waals surface area contributed by atoms with Gasteiger partial charge < -0.3 is 24.8 Å². The average Bonchev–Trinajstić information content (AvgIpc) is 3.37. The molecule has 0 amide bonds. The third kappa shape index (κ3) is 4.79. The molecule has 0 atom stereocenters. The molecule has 7 heteroatoms. The van der Waals surface area contributed by atoms with Crippen molar-refractivity contribution in [3.05, 3.63) is 17.7 Å². The fourth-order valence-corrected chi connectivity index (χ4v) is 2.41. The Bertz CT molecular complexity index is 548. The van der Waals surface area contributed by atoms with Gasteiger partial charge in [0.05, 0.1) is 21.3 Å². The van der Waals surface area contributed by atoms with Crippen LogP contribution in [0.1, 0.15) is 18.4 Å². The monoisotopic (exact) mass is 435 g/mol. The topological polar surface area (TPSA) is 69.3 Å². The normalized spacial score (nSPS) is 14.0. The second kappa shape index (κ2) is 9.05. The lowest BCUT2D eigenvalue weighted by Gasteiger charge is -2.17. The van der Waals surface area contributed by atoms with E-state index in [1.165, 1.54) is 12.8 Å². The molecule has 130 valence electrons. The zero-order valence-corrected chi connectivity index (χ0v) is 16.5. The van der Waals surface area contributed by atoms with Crippen molar-refractivity contribution in [3.63, 3.8) is 0 Å². The molecule has 0 bridgehead atoms. The van der Waals surface area contributed by atoms with Crippen molar-refractivity contribution in [2.24, 2.45) is 10.7 Å². The van der Waals surface area contributed by atoms with Crippen molar-refractivity contribution in [3.8, 4) is 17.2 Å². The molecule has 1 aliphatic rings. The van der Waals surface area contributed by atoms with Crippen molar-refractivity contribution in [1.82, 2.24) is 4.90 Å². The number of ether oxygens (including phenoxy) is 3. The first kappa shape index (κ1) is 19.7. The van der Waals surface area contributed by atoms with Crippen molar-refractivity contribution in [2.75, 3.05) is 34.9 Å². The molecule has 2 N–H and O–H groups in total. The van der Waals surface area contributed by atoms with Gasteiger partial charge in [-0.15, -0.1) is 24.0 Å². The molecule has 1 aliphatic carbocycles. The zero-order valence-electron chi connectivity index (χ0n) is 14.2. The van der Waals surface area contributed by atoms with Crippen LogP contribution < -0.4 is 19.9 Å². The standard InChI is InChI=1S/C16H25N3O3.HI/c1-19(12-6-7-12)16(17)18-10-9-11-5-8-13(20-2)15(22-4)14(11)21-3;/h5,8,12H,6-7,9-10H2,1-4H3,(H2,17,18);1H. The maximum absolute atomic E-state index is 5.99. The van der Waals surface area contributed by atoms with Gasteiger partial charge in [-0.2, -0.15) is 0 Å². The number of nitrogens with two attached hydrogens (primary N) is 1. The maximum atomic E-state index is 5.99. The predicted octanol–water partition coefficient (Wildman–Crippen LogP) is 2.28. The fraction of sp³-hybridized carbons (Fsp3) is 0.562. The molecule has 0 aromatic heterocycles. The van der Waals surface area contributed by atoms with E-state index in [1.807, 2.05) is 24.1 Å². The quantitative estimate of drug-likeness (QED) is 0.405. The van der Waals surface area contributed by atoms with Crippen LogP contribution in [0, 0.1) is 0 Å². The summed E-state index contributed by atoms with van der Waals surface area (Å²) < 4.78 is 16.1. The molecule has 0 heterocycles. The Hall–Kier alpha value is -1.38. The molecule has 1 aromatic rings. The van der Waals surface area contributed by atoms with Crippen LogP contribution in [0.3, 0.4) is 0 Å². The van der Waals surface area contributed by atoms with Crippen LogP contribution in [0.25, 0.3) is 0 Å². The second-order valence-corrected chi connectivity index (χ2v) is 5.33. The highest BCUT2D eigenvalue weighted by molar-refractivity contribution is 14.0. The summed E-state index contributed by atoms with van der Waals surface area (Å²) in [7, 11) is 6.83. The van der Waals surface area contributed by atoms with Gasteiger partial charge in [0.15, 0.2) is 17.5 Å². The van der Waals surface area contributed by atoms with E-state index in [4.69, 9.17) is 19.9 Å². The molecule has 0 aliphatic heterocycles. The number of nitrogens with zero attached hydrogens (tertiary/aromatic N) is 2. The summed E-state index contributed by atoms with van der Waals surface area (Å²) in [5.74, 6) is 2.54. The number of guanidine groups is 1. The lowest BCUT2D eigenvalue weighted by Crippen LogP contribution is -2.35. The van der Waals surface area contributed by atoms with Gasteiger partial charge in [0.25, 0.3) is 0 Å². The lowest BCUT2D eigenvalue weighted by atomic mass is 10.1. The number of aliphatic imine (C=N–C) groups is 1. The van der Waals surface area contributed by atoms with Gasteiger partial charge in [-0.3, -0.25) is 4.99 Å². The molecule has 2 rings (SSSR count). The minimum absolute atomic E-state index is 0. The largest absolute Gasteiger partial charge is 0.493 e. The third-order valence-corrected chi connectivity index (χ3v) is 3.90. The number of hydrogen-bond donors (Lipinski definition) is 1. The van der Waals surface area contributed by atoms with E-state index in [0.29, 0.717) is 35.8 Å². The number of benzene rings is 1. The summed E-state index contributed by atoms with van der Waals surface area (Å²) in [6, 6.07) is 4.41. The molecule has 1 fully saturated rings. The van der Waals surface area contributed by atoms with E-state index >= 15 is 0 Å². The Morgan fingerprint density at radius 1 is 1.17 bits per heavy atom. The predicted molar refractivity (Wildman–Crippen MR) is 102 cm³/mol. The summed E-state index contributed by atoms with van der Waals surface area (Å²) in [5, 5.41) is 0. The molecule has 6 nitrogen and oxygen atoms in total. The van der Waals surface area contributed by atoms with E-state index in [2.05, 4.69) is 4.99 Å². The van der Waals surface area contributed by atoms with Crippen molar-refractivity contribution >= 4 is 29.9 Å². The minimum Gasteiger partial charge on any atom is -0.493 e. The highest BCUT2D eigenvalue weighted by Crippen LogP contribution is 2.39. The van der Waals surface area contributed by atoms with Crippen LogP contribution in [0.15, 0.2) is 17.1 Å². The van der Waals surface area contributed by atoms with Crippen LogP contribution >= 0.6 is 24.0 Å². The van der Waals surface area contributed by atoms with Crippen molar-refractivity contribution in [1.29, 1.82) is 0 Å². The summed E-state index contributed by atoms with van der Waals surface area (Å²) in [6.45, 7) is 0.606. The first-order valence-corrected chi connectivity index (χ1v) is 7.43. The Labute approximate surface area is 155 Å². The van der Waals surface area contributed by atoms with E-state index in [9.17, 15) is 0 Å². The smallest absolute Gasteiger partial charge is 0.203 e. The molecule has 1 saturated carbocycles. The first-order valence-electron chi connectivity index (χ1n) is 7.43. The molecule has 23 heavy (non-hydrogen) atoms. The van der Waals surface area contributed by atoms with Crippen LogP contribution in [0.5, 0.6) is 17.2 Å². The molecule has 0 unspecified atom stereocenters. The first-order chi connectivity index (χ1) is 10.6. The van der Waals surface area contributed by atoms with E-state index in [-0.39, 0.29) is 24.0 Å². The van der Waals surface area contributed by atoms with Crippen LogP contribution in [0.4, 0.5) is 0 Å². The third-order valence-electron chi connectivity index (χ3n) is 3.90. The van der Waals surface area contributed by atoms with Gasteiger partial charge in [0.2, 0.25) is 5.75 Å². The summed E-state index contributed by atoms with van der Waals surface area (Å²) >= 11 is 0. The number of methoxy groups -OCH3 is 3. The van der Waals surface area contributed by atoms with Gasteiger partial charge in [0, 0.05) is 25.2 Å². The molecule has 0 radical (unpaired) electrons. The number of hydrogen-bond acceptors (Lipinski definition) is 4. The van der Waals surface area contributed by atoms with Gasteiger partial charge in [-0.05, 0) is 25.3 Å². The highest BCUT2D eigenvalue weighted by atomic mass is 127. The lowest BCUT2D eigenvalue weighted by molar-refractivity contribution is 0.322. The minimum atomic E-state index is 0. The van der Waals surface area contributed by atoms with E-state index in [0.717, 1.165) is 12.0 Å². The fourth-order valence-electron chi connectivity index (χ4n) is 2.41. The summed E-state index contributed by atoms with van der Waals surface area (Å²) in [4.78, 5) is 6.49. The molecule has 0 spiro atoms. The maximum Gasteiger partial charge on any atom is 0.203 e. The molecular formula is C16H26IN3O3. The van der Waals surface area contributed by atoms with Gasteiger partial charge in [-0.1, -0.05) is 6.07 Å². The average molecular weight is 435 g/mol. The number of halogens is 1. The van der Waals surface area contributed by atoms with Crippen LogP contribution in [-0.2, 0) is 6.42 Å². The van der Waals surface area contributed by atoms with Crippen molar-refractivity contribution < 1.29 is 14.2 Å². The summed E-state index contributed by atoms with van der Waals surface area (Å²) in [5.41, 5.74) is 7.01. The second-order valence-electron chi connectivity index (χ2n) is 5.33. The Morgan fingerprint density at radius 2 is 1.83 bits per heavy atom. The van der Waals surface area contributed by atoms with Crippen LogP contribution in [-0.4, -0.2) is 51.8 Å². The van der Waals surface area contributed by atoms with Gasteiger partial charge in [-0.25, -0.2) is 0 Å². The Morgan fingerprint density at radius 3 is 2.35 bits per heavy atom. The van der Waals surface area contributed by atoms with E-state index < -0.39 is 0 Å². The highest BCUT2D eigenvalue weighted by Gasteiger charge is 2.27. The zero-order chi connectivity index (χ0) is 16.1. The van der Waals surface area contributed by atoms with Crippen molar-refractivity contribution in [2.45, 2.75) is 25.3 Å². The van der Waals surface area contributed by atoms with Gasteiger partial charge in [0.1, 0.15) is 0 Å². The van der Waals surface area contributed by atoms with E-state index in [1.54, 1.807) is 21.3 Å². The summed E-state index contributed by atoms with van der Waals surface area (Å²) in [6.07, 6.45) is 3.13. The van der Waals surface area contributed by atoms with Crippen LogP contribution in [0.2, 0.25) is 0 Å². The molecule has 1 aromatic carbocycles. The van der Waals surface area contributed by atoms with Gasteiger partial charge >= 0.3 is 0 Å². The molecular weight excluding hydrogens is 409 g/mol. The molecule has 0 saturated heterocycles.